The number of sulfone groups is 1. The number of carbonyl (C=O) groups is 1. The van der Waals surface area contributed by atoms with Crippen molar-refractivity contribution in [3.8, 4) is 0 Å². The molecule has 21 heavy (non-hydrogen) atoms. The lowest BCUT2D eigenvalue weighted by atomic mass is 10.1. The van der Waals surface area contributed by atoms with E-state index in [0.717, 1.165) is 11.8 Å². The number of hydrogen-bond donors (Lipinski definition) is 2. The molecule has 2 rings (SSSR count). The summed E-state index contributed by atoms with van der Waals surface area (Å²) < 4.78 is 23.0. The number of nitrogens with two attached hydrogens (primary N) is 1. The molecule has 0 spiro atoms. The Balaban J connectivity index is 2.25. The molecule has 0 bridgehead atoms. The van der Waals surface area contributed by atoms with Crippen LogP contribution >= 0.6 is 0 Å². The lowest BCUT2D eigenvalue weighted by Gasteiger charge is -2.08. The molecule has 0 aliphatic rings. The fourth-order valence-electron chi connectivity index (χ4n) is 1.79. The van der Waals surface area contributed by atoms with Crippen LogP contribution in [0.3, 0.4) is 0 Å². The van der Waals surface area contributed by atoms with Gasteiger partial charge in [-0.1, -0.05) is 12.1 Å². The van der Waals surface area contributed by atoms with Gasteiger partial charge in [-0.2, -0.15) is 0 Å². The predicted octanol–water partition coefficient (Wildman–Crippen LogP) is 2.23. The molecule has 0 aliphatic heterocycles. The van der Waals surface area contributed by atoms with E-state index in [9.17, 15) is 13.2 Å². The van der Waals surface area contributed by atoms with Crippen LogP contribution in [0.2, 0.25) is 0 Å². The highest BCUT2D eigenvalue weighted by Gasteiger charge is 2.10. The van der Waals surface area contributed by atoms with E-state index < -0.39 is 9.84 Å². The molecule has 0 saturated heterocycles. The van der Waals surface area contributed by atoms with Crippen LogP contribution < -0.4 is 11.1 Å². The molecule has 0 aromatic heterocycles. The van der Waals surface area contributed by atoms with Gasteiger partial charge in [0.25, 0.3) is 5.91 Å². The molecule has 5 nitrogen and oxygen atoms in total. The minimum atomic E-state index is -3.31. The zero-order chi connectivity index (χ0) is 15.6. The molecular formula is C15H16N2O3S. The molecule has 0 atom stereocenters. The van der Waals surface area contributed by atoms with E-state index in [1.54, 1.807) is 30.3 Å². The Bertz CT molecular complexity index is 798. The normalized spacial score (nSPS) is 11.1. The van der Waals surface area contributed by atoms with Crippen LogP contribution in [0.25, 0.3) is 0 Å². The van der Waals surface area contributed by atoms with Crippen LogP contribution in [-0.4, -0.2) is 20.6 Å². The molecule has 6 heteroatoms. The second-order valence-corrected chi connectivity index (χ2v) is 6.84. The molecule has 0 heterocycles. The third-order valence-corrected chi connectivity index (χ3v) is 4.17. The smallest absolute Gasteiger partial charge is 0.255 e. The highest BCUT2D eigenvalue weighted by Crippen LogP contribution is 2.18. The van der Waals surface area contributed by atoms with Crippen LogP contribution in [0.15, 0.2) is 47.4 Å². The van der Waals surface area contributed by atoms with Gasteiger partial charge in [0, 0.05) is 23.2 Å². The average Bonchev–Trinajstić information content (AvgIpc) is 2.41. The largest absolute Gasteiger partial charge is 0.398 e. The van der Waals surface area contributed by atoms with Gasteiger partial charge < -0.3 is 11.1 Å². The highest BCUT2D eigenvalue weighted by atomic mass is 32.2. The average molecular weight is 304 g/mol. The Morgan fingerprint density at radius 2 is 1.86 bits per heavy atom. The minimum Gasteiger partial charge on any atom is -0.398 e. The van der Waals surface area contributed by atoms with E-state index in [0.29, 0.717) is 16.9 Å². The highest BCUT2D eigenvalue weighted by molar-refractivity contribution is 7.90. The number of amides is 1. The van der Waals surface area contributed by atoms with E-state index in [4.69, 9.17) is 5.73 Å². The molecule has 3 N–H and O–H groups in total. The fourth-order valence-corrected chi connectivity index (χ4v) is 2.46. The summed E-state index contributed by atoms with van der Waals surface area (Å²) in [4.78, 5) is 12.3. The molecule has 0 saturated carbocycles. The van der Waals surface area contributed by atoms with Crippen molar-refractivity contribution in [1.82, 2.24) is 0 Å². The van der Waals surface area contributed by atoms with E-state index >= 15 is 0 Å². The number of rotatable bonds is 3. The zero-order valence-corrected chi connectivity index (χ0v) is 12.6. The molecular weight excluding hydrogens is 288 g/mol. The van der Waals surface area contributed by atoms with Gasteiger partial charge >= 0.3 is 0 Å². The number of nitrogen functional groups attached to an aromatic ring is 1. The van der Waals surface area contributed by atoms with Crippen molar-refractivity contribution in [3.05, 3.63) is 53.6 Å². The molecule has 1 amide bonds. The lowest BCUT2D eigenvalue weighted by molar-refractivity contribution is 0.102. The van der Waals surface area contributed by atoms with E-state index in [2.05, 4.69) is 5.32 Å². The first kappa shape index (κ1) is 15.1. The molecule has 0 unspecified atom stereocenters. The number of carbonyl (C=O) groups excluding carboxylic acids is 1. The molecule has 2 aromatic carbocycles. The van der Waals surface area contributed by atoms with Crippen molar-refractivity contribution in [1.29, 1.82) is 0 Å². The van der Waals surface area contributed by atoms with Gasteiger partial charge in [-0.3, -0.25) is 4.79 Å². The summed E-state index contributed by atoms with van der Waals surface area (Å²) in [6, 6.07) is 11.1. The van der Waals surface area contributed by atoms with Crippen LogP contribution in [0.5, 0.6) is 0 Å². The minimum absolute atomic E-state index is 0.156. The summed E-state index contributed by atoms with van der Waals surface area (Å²) in [5, 5.41) is 2.66. The molecule has 0 radical (unpaired) electrons. The van der Waals surface area contributed by atoms with Crippen molar-refractivity contribution in [2.45, 2.75) is 11.8 Å². The maximum Gasteiger partial charge on any atom is 0.255 e. The van der Waals surface area contributed by atoms with Gasteiger partial charge in [0.15, 0.2) is 9.84 Å². The van der Waals surface area contributed by atoms with Crippen LogP contribution in [0.1, 0.15) is 15.9 Å². The molecule has 2 aromatic rings. The first-order chi connectivity index (χ1) is 9.77. The summed E-state index contributed by atoms with van der Waals surface area (Å²) in [6.45, 7) is 1.85. The van der Waals surface area contributed by atoms with Crippen molar-refractivity contribution >= 4 is 27.1 Å². The number of nitrogens with one attached hydrogen (secondary N) is 1. The summed E-state index contributed by atoms with van der Waals surface area (Å²) in [5.41, 5.74) is 8.04. The van der Waals surface area contributed by atoms with Gasteiger partial charge in [0.1, 0.15) is 0 Å². The van der Waals surface area contributed by atoms with E-state index in [-0.39, 0.29) is 10.8 Å². The number of benzene rings is 2. The Morgan fingerprint density at radius 3 is 2.48 bits per heavy atom. The topological polar surface area (TPSA) is 89.3 Å². The summed E-state index contributed by atoms with van der Waals surface area (Å²) in [6.07, 6.45) is 1.12. The molecule has 0 aliphatic carbocycles. The number of aryl methyl sites for hydroxylation is 1. The standard InChI is InChI=1S/C15H16N2O3S/c1-10-6-7-11(8-14(10)16)15(18)17-12-4-3-5-13(9-12)21(2,19)20/h3-9H,16H2,1-2H3,(H,17,18). The van der Waals surface area contributed by atoms with Gasteiger partial charge in [-0.05, 0) is 42.8 Å². The van der Waals surface area contributed by atoms with Crippen molar-refractivity contribution in [2.24, 2.45) is 0 Å². The van der Waals surface area contributed by atoms with Crippen LogP contribution in [0, 0.1) is 6.92 Å². The SMILES string of the molecule is Cc1ccc(C(=O)Nc2cccc(S(C)(=O)=O)c2)cc1N. The third-order valence-electron chi connectivity index (χ3n) is 3.06. The van der Waals surface area contributed by atoms with Crippen molar-refractivity contribution in [2.75, 3.05) is 17.3 Å². The van der Waals surface area contributed by atoms with Gasteiger partial charge in [0.2, 0.25) is 0 Å². The quantitative estimate of drug-likeness (QED) is 0.851. The summed E-state index contributed by atoms with van der Waals surface area (Å²) in [5.74, 6) is -0.340. The van der Waals surface area contributed by atoms with Crippen LogP contribution in [0.4, 0.5) is 11.4 Å². The fraction of sp³-hybridized carbons (Fsp3) is 0.133. The number of anilines is 2. The van der Waals surface area contributed by atoms with Crippen LogP contribution in [-0.2, 0) is 9.84 Å². The Morgan fingerprint density at radius 1 is 1.14 bits per heavy atom. The maximum absolute atomic E-state index is 12.1. The summed E-state index contributed by atoms with van der Waals surface area (Å²) >= 11 is 0. The number of hydrogen-bond acceptors (Lipinski definition) is 4. The maximum atomic E-state index is 12.1. The van der Waals surface area contributed by atoms with Gasteiger partial charge in [-0.25, -0.2) is 8.42 Å². The van der Waals surface area contributed by atoms with Gasteiger partial charge in [0.05, 0.1) is 4.90 Å². The Labute approximate surface area is 123 Å². The summed E-state index contributed by atoms with van der Waals surface area (Å²) in [7, 11) is -3.31. The van der Waals surface area contributed by atoms with Crippen molar-refractivity contribution < 1.29 is 13.2 Å². The third kappa shape index (κ3) is 3.61. The zero-order valence-electron chi connectivity index (χ0n) is 11.8. The lowest BCUT2D eigenvalue weighted by Crippen LogP contribution is -2.12. The Hall–Kier alpha value is -2.34. The van der Waals surface area contributed by atoms with E-state index in [1.165, 1.54) is 12.1 Å². The first-order valence-electron chi connectivity index (χ1n) is 6.25. The van der Waals surface area contributed by atoms with Crippen molar-refractivity contribution in [3.63, 3.8) is 0 Å². The molecule has 0 fully saturated rings. The Kier molecular flexibility index (Phi) is 3.99. The second-order valence-electron chi connectivity index (χ2n) is 4.83. The van der Waals surface area contributed by atoms with Gasteiger partial charge in [-0.15, -0.1) is 0 Å². The molecule has 110 valence electrons. The first-order valence-corrected chi connectivity index (χ1v) is 8.14. The van der Waals surface area contributed by atoms with E-state index in [1.807, 2.05) is 6.92 Å². The second kappa shape index (κ2) is 5.57. The predicted molar refractivity (Wildman–Crippen MR) is 83.1 cm³/mol. The monoisotopic (exact) mass is 304 g/mol.